The van der Waals surface area contributed by atoms with E-state index in [0.717, 1.165) is 46.7 Å². The molecule has 23 heavy (non-hydrogen) atoms. The van der Waals surface area contributed by atoms with Crippen LogP contribution in [0.3, 0.4) is 0 Å². The first-order valence-corrected chi connectivity index (χ1v) is 7.70. The van der Waals surface area contributed by atoms with Gasteiger partial charge in [-0.1, -0.05) is 11.6 Å². The minimum absolute atomic E-state index is 0.395. The number of methoxy groups -OCH3 is 1. The van der Waals surface area contributed by atoms with Crippen molar-refractivity contribution in [2.75, 3.05) is 7.11 Å². The van der Waals surface area contributed by atoms with Crippen LogP contribution < -0.4 is 5.63 Å². The third-order valence-electron chi connectivity index (χ3n) is 4.64. The normalized spacial score (nSPS) is 13.5. The van der Waals surface area contributed by atoms with E-state index in [0.29, 0.717) is 16.5 Å². The van der Waals surface area contributed by atoms with E-state index in [1.165, 1.54) is 7.11 Å². The van der Waals surface area contributed by atoms with Crippen molar-refractivity contribution in [2.45, 2.75) is 26.2 Å². The summed E-state index contributed by atoms with van der Waals surface area (Å²) in [6.45, 7) is 2.01. The maximum absolute atomic E-state index is 12.4. The molecule has 4 nitrogen and oxygen atoms in total. The van der Waals surface area contributed by atoms with Gasteiger partial charge in [-0.05, 0) is 55.5 Å². The average Bonchev–Trinajstić information content (AvgIpc) is 3.03. The van der Waals surface area contributed by atoms with Crippen molar-refractivity contribution in [3.63, 3.8) is 0 Å². The van der Waals surface area contributed by atoms with E-state index in [1.807, 2.05) is 25.1 Å². The van der Waals surface area contributed by atoms with Gasteiger partial charge in [-0.25, -0.2) is 9.59 Å². The highest BCUT2D eigenvalue weighted by Gasteiger charge is 2.25. The molecule has 2 aromatic carbocycles. The van der Waals surface area contributed by atoms with Gasteiger partial charge in [0.1, 0.15) is 5.58 Å². The highest BCUT2D eigenvalue weighted by molar-refractivity contribution is 6.09. The van der Waals surface area contributed by atoms with Crippen molar-refractivity contribution in [3.8, 4) is 0 Å². The third-order valence-corrected chi connectivity index (χ3v) is 4.64. The molecule has 0 bridgehead atoms. The second-order valence-electron chi connectivity index (χ2n) is 6.04. The fourth-order valence-electron chi connectivity index (χ4n) is 3.63. The Balaban J connectivity index is 2.24. The van der Waals surface area contributed by atoms with Crippen molar-refractivity contribution in [2.24, 2.45) is 0 Å². The zero-order chi connectivity index (χ0) is 16.1. The summed E-state index contributed by atoms with van der Waals surface area (Å²) in [5.74, 6) is -0.395. The summed E-state index contributed by atoms with van der Waals surface area (Å²) < 4.78 is 10.3. The van der Waals surface area contributed by atoms with Gasteiger partial charge in [0.05, 0.1) is 18.1 Å². The molecule has 4 heteroatoms. The maximum Gasteiger partial charge on any atom is 0.344 e. The summed E-state index contributed by atoms with van der Waals surface area (Å²) in [7, 11) is 1.36. The molecule has 4 rings (SSSR count). The molecule has 1 aromatic heterocycles. The van der Waals surface area contributed by atoms with Gasteiger partial charge in [0.2, 0.25) is 0 Å². The topological polar surface area (TPSA) is 56.5 Å². The van der Waals surface area contributed by atoms with E-state index in [4.69, 9.17) is 9.15 Å². The minimum atomic E-state index is -0.406. The van der Waals surface area contributed by atoms with Crippen molar-refractivity contribution < 1.29 is 13.9 Å². The maximum atomic E-state index is 12.4. The van der Waals surface area contributed by atoms with Crippen LogP contribution in [-0.4, -0.2) is 13.1 Å². The number of aryl methyl sites for hydroxylation is 2. The molecule has 0 aliphatic heterocycles. The predicted molar refractivity (Wildman–Crippen MR) is 88.1 cm³/mol. The highest BCUT2D eigenvalue weighted by atomic mass is 16.5. The van der Waals surface area contributed by atoms with Crippen molar-refractivity contribution >= 4 is 27.7 Å². The Labute approximate surface area is 132 Å². The molecular formula is C19H16O4. The number of hydrogen-bond acceptors (Lipinski definition) is 4. The molecule has 1 aliphatic carbocycles. The van der Waals surface area contributed by atoms with Gasteiger partial charge in [0.25, 0.3) is 0 Å². The van der Waals surface area contributed by atoms with Crippen LogP contribution in [0.5, 0.6) is 0 Å². The molecule has 0 fully saturated rings. The Morgan fingerprint density at radius 2 is 1.91 bits per heavy atom. The Bertz CT molecular complexity index is 1030. The second-order valence-corrected chi connectivity index (χ2v) is 6.04. The second kappa shape index (κ2) is 4.95. The molecule has 1 aliphatic rings. The summed E-state index contributed by atoms with van der Waals surface area (Å²) in [6.07, 6.45) is 2.68. The standard InChI is InChI=1S/C19H16O4/c1-10-6-7-16-14(8-10)17-12-5-3-4-11(12)13(18(20)22-2)9-15(17)19(21)23-16/h6-9H,3-5H2,1-2H3. The lowest BCUT2D eigenvalue weighted by molar-refractivity contribution is 0.0600. The molecule has 0 saturated heterocycles. The van der Waals surface area contributed by atoms with Crippen LogP contribution in [0.1, 0.15) is 33.5 Å². The molecule has 0 atom stereocenters. The van der Waals surface area contributed by atoms with Crippen LogP contribution in [0.15, 0.2) is 33.5 Å². The van der Waals surface area contributed by atoms with Gasteiger partial charge in [-0.2, -0.15) is 0 Å². The molecule has 3 aromatic rings. The summed E-state index contributed by atoms with van der Waals surface area (Å²) in [5.41, 5.74) is 3.89. The van der Waals surface area contributed by atoms with Crippen molar-refractivity contribution in [1.29, 1.82) is 0 Å². The highest BCUT2D eigenvalue weighted by Crippen LogP contribution is 2.36. The van der Waals surface area contributed by atoms with Gasteiger partial charge >= 0.3 is 11.6 Å². The minimum Gasteiger partial charge on any atom is -0.465 e. The number of rotatable bonds is 1. The molecule has 0 amide bonds. The zero-order valence-corrected chi connectivity index (χ0v) is 13.1. The molecule has 0 N–H and O–H groups in total. The lowest BCUT2D eigenvalue weighted by atomic mass is 9.94. The first-order valence-electron chi connectivity index (χ1n) is 7.70. The van der Waals surface area contributed by atoms with Crippen molar-refractivity contribution in [1.82, 2.24) is 0 Å². The van der Waals surface area contributed by atoms with E-state index in [-0.39, 0.29) is 0 Å². The molecule has 0 unspecified atom stereocenters. The van der Waals surface area contributed by atoms with Gasteiger partial charge in [-0.15, -0.1) is 0 Å². The Morgan fingerprint density at radius 3 is 2.70 bits per heavy atom. The number of hydrogen-bond donors (Lipinski definition) is 0. The van der Waals surface area contributed by atoms with E-state index in [1.54, 1.807) is 6.07 Å². The Kier molecular flexibility index (Phi) is 3.01. The average molecular weight is 308 g/mol. The number of benzene rings is 2. The fraction of sp³-hybridized carbons (Fsp3) is 0.263. The number of fused-ring (bicyclic) bond motifs is 5. The lowest BCUT2D eigenvalue weighted by Crippen LogP contribution is -2.09. The number of ether oxygens (including phenoxy) is 1. The molecule has 0 radical (unpaired) electrons. The van der Waals surface area contributed by atoms with Crippen LogP contribution in [0.25, 0.3) is 21.7 Å². The van der Waals surface area contributed by atoms with Gasteiger partial charge in [0.15, 0.2) is 0 Å². The monoisotopic (exact) mass is 308 g/mol. The quantitative estimate of drug-likeness (QED) is 0.392. The summed E-state index contributed by atoms with van der Waals surface area (Å²) in [4.78, 5) is 24.5. The Morgan fingerprint density at radius 1 is 1.13 bits per heavy atom. The fourth-order valence-corrected chi connectivity index (χ4v) is 3.63. The van der Waals surface area contributed by atoms with Crippen molar-refractivity contribution in [3.05, 3.63) is 56.9 Å². The molecule has 1 heterocycles. The number of esters is 1. The summed E-state index contributed by atoms with van der Waals surface area (Å²) >= 11 is 0. The third kappa shape index (κ3) is 1.98. The number of carbonyl (C=O) groups excluding carboxylic acids is 1. The molecule has 0 saturated carbocycles. The lowest BCUT2D eigenvalue weighted by Gasteiger charge is -2.12. The van der Waals surface area contributed by atoms with E-state index >= 15 is 0 Å². The first kappa shape index (κ1) is 14.0. The van der Waals surface area contributed by atoms with Crippen LogP contribution >= 0.6 is 0 Å². The summed E-state index contributed by atoms with van der Waals surface area (Å²) in [5, 5.41) is 2.33. The molecule has 116 valence electrons. The molecule has 0 spiro atoms. The summed E-state index contributed by atoms with van der Waals surface area (Å²) in [6, 6.07) is 7.44. The van der Waals surface area contributed by atoms with Crippen LogP contribution in [0, 0.1) is 6.92 Å². The van der Waals surface area contributed by atoms with Crippen LogP contribution in [0.2, 0.25) is 0 Å². The van der Waals surface area contributed by atoms with E-state index < -0.39 is 11.6 Å². The number of carbonyl (C=O) groups is 1. The smallest absolute Gasteiger partial charge is 0.344 e. The van der Waals surface area contributed by atoms with Gasteiger partial charge < -0.3 is 9.15 Å². The Hall–Kier alpha value is -2.62. The largest absolute Gasteiger partial charge is 0.465 e. The first-order chi connectivity index (χ1) is 11.1. The SMILES string of the molecule is COC(=O)c1cc2c(=O)oc3ccc(C)cc3c2c2c1CCC2. The van der Waals surface area contributed by atoms with E-state index in [9.17, 15) is 9.59 Å². The van der Waals surface area contributed by atoms with Crippen LogP contribution in [0.4, 0.5) is 0 Å². The molecular weight excluding hydrogens is 292 g/mol. The van der Waals surface area contributed by atoms with Crippen LogP contribution in [-0.2, 0) is 17.6 Å². The van der Waals surface area contributed by atoms with Gasteiger partial charge in [-0.3, -0.25) is 0 Å². The zero-order valence-electron chi connectivity index (χ0n) is 13.1. The van der Waals surface area contributed by atoms with E-state index in [2.05, 4.69) is 0 Å². The predicted octanol–water partition coefficient (Wildman–Crippen LogP) is 3.53. The van der Waals surface area contributed by atoms with Gasteiger partial charge in [0, 0.05) is 10.8 Å².